The van der Waals surface area contributed by atoms with E-state index in [9.17, 15) is 24.0 Å². The molecule has 5 amide bonds. The van der Waals surface area contributed by atoms with Crippen molar-refractivity contribution >= 4 is 41.5 Å². The first-order valence-corrected chi connectivity index (χ1v) is 15.1. The fourth-order valence-electron chi connectivity index (χ4n) is 5.94. The molecule has 0 aliphatic carbocycles. The van der Waals surface area contributed by atoms with Crippen LogP contribution in [0.15, 0.2) is 37.4 Å². The van der Waals surface area contributed by atoms with E-state index in [4.69, 9.17) is 10.5 Å². The molecule has 0 aromatic heterocycles. The van der Waals surface area contributed by atoms with Crippen LogP contribution in [-0.4, -0.2) is 76.8 Å². The van der Waals surface area contributed by atoms with Gasteiger partial charge in [0.25, 0.3) is 0 Å². The number of nitrogens with zero attached hydrogens (tertiary/aromatic N) is 2. The first-order chi connectivity index (χ1) is 20.5. The Labute approximate surface area is 260 Å². The summed E-state index contributed by atoms with van der Waals surface area (Å²) in [6, 6.07) is 2.44. The van der Waals surface area contributed by atoms with Gasteiger partial charge in [0, 0.05) is 19.3 Å². The highest BCUT2D eigenvalue weighted by Crippen LogP contribution is 2.47. The maximum atomic E-state index is 14.4. The quantitative estimate of drug-likeness (QED) is 0.243. The summed E-state index contributed by atoms with van der Waals surface area (Å²) in [5.74, 6) is -2.01. The number of nitrogens with two attached hydrogens (primary N) is 1. The highest BCUT2D eigenvalue weighted by atomic mass is 16.6. The van der Waals surface area contributed by atoms with Crippen molar-refractivity contribution in [2.75, 3.05) is 18.9 Å². The molecule has 0 bridgehead atoms. The fraction of sp³-hybridized carbons (Fsp3) is 0.545. The molecule has 2 aliphatic heterocycles. The number of allylic oxidation sites excluding steroid dienone is 1. The van der Waals surface area contributed by atoms with E-state index in [1.807, 2.05) is 26.0 Å². The number of benzene rings is 1. The molecule has 11 nitrogen and oxygen atoms in total. The number of fused-ring (bicyclic) bond motifs is 2. The third-order valence-electron chi connectivity index (χ3n) is 8.13. The highest BCUT2D eigenvalue weighted by Gasteiger charge is 2.58. The molecule has 0 radical (unpaired) electrons. The minimum Gasteiger partial charge on any atom is -0.444 e. The van der Waals surface area contributed by atoms with Gasteiger partial charge >= 0.3 is 6.09 Å². The Kier molecular flexibility index (Phi) is 10.7. The molecule has 44 heavy (non-hydrogen) atoms. The Hall–Kier alpha value is -4.15. The maximum Gasteiger partial charge on any atom is 0.408 e. The van der Waals surface area contributed by atoms with Gasteiger partial charge in [0.05, 0.1) is 5.41 Å². The van der Waals surface area contributed by atoms with E-state index in [1.54, 1.807) is 39.0 Å². The Morgan fingerprint density at radius 3 is 2.50 bits per heavy atom. The fourth-order valence-corrected chi connectivity index (χ4v) is 5.94. The van der Waals surface area contributed by atoms with E-state index in [1.165, 1.54) is 16.8 Å². The number of ether oxygens (including phenoxy) is 1. The molecule has 1 fully saturated rings. The summed E-state index contributed by atoms with van der Waals surface area (Å²) < 4.78 is 5.40. The number of carbonyl (C=O) groups is 5. The highest BCUT2D eigenvalue weighted by molar-refractivity contribution is 6.08. The molecule has 240 valence electrons. The number of nitrogens with one attached hydrogen (secondary N) is 2. The van der Waals surface area contributed by atoms with Crippen LogP contribution in [0, 0.1) is 5.92 Å². The topological polar surface area (TPSA) is 151 Å². The maximum absolute atomic E-state index is 14.4. The lowest BCUT2D eigenvalue weighted by Gasteiger charge is -2.35. The number of hydrogen-bond acceptors (Lipinski definition) is 6. The van der Waals surface area contributed by atoms with E-state index >= 15 is 0 Å². The van der Waals surface area contributed by atoms with E-state index in [-0.39, 0.29) is 31.2 Å². The third-order valence-corrected chi connectivity index (χ3v) is 8.13. The van der Waals surface area contributed by atoms with Crippen molar-refractivity contribution in [3.05, 3.63) is 48.6 Å². The number of rotatable bonds is 12. The first-order valence-electron chi connectivity index (χ1n) is 15.1. The Morgan fingerprint density at radius 1 is 1.25 bits per heavy atom. The smallest absolute Gasteiger partial charge is 0.408 e. The number of likely N-dealkylation sites (tertiary alicyclic amines) is 1. The average Bonchev–Trinajstić information content (AvgIpc) is 3.47. The second-order valence-corrected chi connectivity index (χ2v) is 13.1. The monoisotopic (exact) mass is 609 g/mol. The van der Waals surface area contributed by atoms with E-state index in [2.05, 4.69) is 23.8 Å². The van der Waals surface area contributed by atoms with Crippen molar-refractivity contribution in [2.45, 2.75) is 95.9 Å². The minimum absolute atomic E-state index is 0.00789. The van der Waals surface area contributed by atoms with Gasteiger partial charge < -0.3 is 30.9 Å². The molecule has 1 aromatic rings. The lowest BCUT2D eigenvalue weighted by atomic mass is 9.79. The summed E-state index contributed by atoms with van der Waals surface area (Å²) in [7, 11) is 1.52. The number of unbranched alkanes of at least 4 members (excludes halogenated alkanes) is 1. The van der Waals surface area contributed by atoms with Crippen molar-refractivity contribution in [1.29, 1.82) is 0 Å². The summed E-state index contributed by atoms with van der Waals surface area (Å²) in [4.78, 5) is 69.9. The third kappa shape index (κ3) is 7.49. The van der Waals surface area contributed by atoms with Crippen LogP contribution < -0.4 is 16.4 Å². The van der Waals surface area contributed by atoms with Crippen LogP contribution >= 0.6 is 0 Å². The second-order valence-electron chi connectivity index (χ2n) is 13.1. The molecule has 0 saturated carbocycles. The Bertz CT molecular complexity index is 1320. The summed E-state index contributed by atoms with van der Waals surface area (Å²) >= 11 is 0. The Morgan fingerprint density at radius 2 is 1.93 bits per heavy atom. The van der Waals surface area contributed by atoms with E-state index < -0.39 is 53.0 Å². The van der Waals surface area contributed by atoms with Crippen LogP contribution in [0.3, 0.4) is 0 Å². The van der Waals surface area contributed by atoms with E-state index in [0.29, 0.717) is 30.5 Å². The van der Waals surface area contributed by atoms with Crippen molar-refractivity contribution in [1.82, 2.24) is 15.1 Å². The number of carbonyl (C=O) groups excluding carboxylic acids is 5. The van der Waals surface area contributed by atoms with Gasteiger partial charge in [-0.3, -0.25) is 19.2 Å². The van der Waals surface area contributed by atoms with Crippen molar-refractivity contribution in [3.8, 4) is 0 Å². The van der Waals surface area contributed by atoms with Gasteiger partial charge in [0.2, 0.25) is 23.6 Å². The zero-order chi connectivity index (χ0) is 33.0. The summed E-state index contributed by atoms with van der Waals surface area (Å²) in [5, 5.41) is 5.57. The first kappa shape index (κ1) is 34.3. The van der Waals surface area contributed by atoms with Gasteiger partial charge in [0.1, 0.15) is 23.7 Å². The molecule has 1 saturated heterocycles. The van der Waals surface area contributed by atoms with Crippen molar-refractivity contribution in [2.24, 2.45) is 11.7 Å². The van der Waals surface area contributed by atoms with Crippen LogP contribution in [0.25, 0.3) is 6.08 Å². The lowest BCUT2D eigenvalue weighted by molar-refractivity contribution is -0.148. The van der Waals surface area contributed by atoms with Gasteiger partial charge in [-0.1, -0.05) is 38.6 Å². The number of primary amides is 1. The predicted octanol–water partition coefficient (Wildman–Crippen LogP) is 3.73. The molecule has 4 N–H and O–H groups in total. The number of anilines is 1. The van der Waals surface area contributed by atoms with E-state index in [0.717, 1.165) is 5.56 Å². The molecular formula is C33H47N5O6. The molecule has 1 aromatic carbocycles. The molecule has 2 aliphatic rings. The lowest BCUT2D eigenvalue weighted by Crippen LogP contribution is -2.57. The molecule has 3 rings (SSSR count). The number of hydrogen-bond donors (Lipinski definition) is 3. The van der Waals surface area contributed by atoms with Gasteiger partial charge in [0.15, 0.2) is 0 Å². The molecule has 4 atom stereocenters. The van der Waals surface area contributed by atoms with Crippen LogP contribution in [0.4, 0.5) is 10.5 Å². The molecular weight excluding hydrogens is 562 g/mol. The molecule has 0 unspecified atom stereocenters. The van der Waals surface area contributed by atoms with Gasteiger partial charge in [-0.25, -0.2) is 4.79 Å². The van der Waals surface area contributed by atoms with Gasteiger partial charge in [-0.2, -0.15) is 0 Å². The summed E-state index contributed by atoms with van der Waals surface area (Å²) in [6.07, 6.45) is 4.46. The molecule has 11 heteroatoms. The van der Waals surface area contributed by atoms with Crippen molar-refractivity contribution in [3.63, 3.8) is 0 Å². The van der Waals surface area contributed by atoms with Crippen LogP contribution in [0.2, 0.25) is 0 Å². The van der Waals surface area contributed by atoms with Crippen LogP contribution in [-0.2, 0) is 29.3 Å². The van der Waals surface area contributed by atoms with Crippen molar-refractivity contribution < 1.29 is 28.7 Å². The Balaban J connectivity index is 1.96. The minimum atomic E-state index is -1.18. The number of likely N-dealkylation sites (N-methyl/N-ethyl adjacent to an activating group) is 1. The molecule has 2 heterocycles. The zero-order valence-electron chi connectivity index (χ0n) is 26.8. The summed E-state index contributed by atoms with van der Waals surface area (Å²) in [6.45, 7) is 16.5. The van der Waals surface area contributed by atoms with Crippen LogP contribution in [0.1, 0.15) is 77.8 Å². The van der Waals surface area contributed by atoms with Gasteiger partial charge in [-0.15, -0.1) is 6.58 Å². The van der Waals surface area contributed by atoms with Crippen LogP contribution in [0.5, 0.6) is 0 Å². The normalized spacial score (nSPS) is 20.5. The number of amides is 5. The second kappa shape index (κ2) is 13.7. The molecule has 1 spiro atoms. The predicted molar refractivity (Wildman–Crippen MR) is 169 cm³/mol. The van der Waals surface area contributed by atoms with Gasteiger partial charge in [-0.05, 0) is 82.1 Å². The summed E-state index contributed by atoms with van der Waals surface area (Å²) in [5.41, 5.74) is 5.96. The standard InChI is InChI=1S/C33H47N5O6/c1-9-11-12-13-24(36-31(43)44-32(5,6)7)28(40)37(8)25(16-20(3)4)29(41)38-19-33(18-26(38)27(34)39)22-17-21(10-2)14-15-23(22)35-30(33)42/h9-10,14-15,17,20,24-26H,1-2,11-13,16,18-19H2,3-8H3,(H2,34,39)(H,35,42)(H,36,43)/t24-,25-,26-,33-/m0/s1. The average molecular weight is 610 g/mol. The number of alkyl carbamates (subject to hydrolysis) is 1. The SMILES string of the molecule is C=CCCC[C@H](NC(=O)OC(C)(C)C)C(=O)N(C)[C@@H](CC(C)C)C(=O)N1C[C@]2(C[C@H]1C(N)=O)C(=O)Nc1ccc(C=C)cc12. The largest absolute Gasteiger partial charge is 0.444 e. The zero-order valence-corrected chi connectivity index (χ0v) is 26.8.